The van der Waals surface area contributed by atoms with Crippen LogP contribution in [0, 0.1) is 17.2 Å². The van der Waals surface area contributed by atoms with Crippen molar-refractivity contribution in [2.45, 2.75) is 26.2 Å². The number of thiophene rings is 1. The first-order valence-electron chi connectivity index (χ1n) is 9.22. The first kappa shape index (κ1) is 18.7. The van der Waals surface area contributed by atoms with E-state index in [-0.39, 0.29) is 12.4 Å². The first-order valence-corrected chi connectivity index (χ1v) is 10.0. The van der Waals surface area contributed by atoms with Crippen LogP contribution in [0.25, 0.3) is 32.8 Å². The molecule has 0 fully saturated rings. The number of nitriles is 1. The van der Waals surface area contributed by atoms with Gasteiger partial charge in [0.2, 0.25) is 0 Å². The maximum Gasteiger partial charge on any atom is 0.134 e. The number of hydrogen-bond acceptors (Lipinski definition) is 4. The molecule has 5 heteroatoms. The number of pyridine rings is 1. The van der Waals surface area contributed by atoms with Gasteiger partial charge >= 0.3 is 0 Å². The van der Waals surface area contributed by atoms with E-state index in [4.69, 9.17) is 14.7 Å². The molecule has 0 saturated heterocycles. The van der Waals surface area contributed by atoms with Crippen LogP contribution < -0.4 is 0 Å². The summed E-state index contributed by atoms with van der Waals surface area (Å²) in [7, 11) is 0. The van der Waals surface area contributed by atoms with Crippen LogP contribution in [0.2, 0.25) is 0 Å². The molecule has 0 bridgehead atoms. The number of aromatic nitrogens is 1. The van der Waals surface area contributed by atoms with Crippen molar-refractivity contribution in [2.75, 3.05) is 0 Å². The second kappa shape index (κ2) is 7.43. The van der Waals surface area contributed by atoms with Gasteiger partial charge in [-0.3, -0.25) is 0 Å². The minimum Gasteiger partial charge on any atom is -0.464 e. The van der Waals surface area contributed by atoms with Gasteiger partial charge in [0.25, 0.3) is 0 Å². The predicted molar refractivity (Wildman–Crippen MR) is 116 cm³/mol. The Kier molecular flexibility index (Phi) is 4.97. The minimum atomic E-state index is 0. The lowest BCUT2D eigenvalue weighted by molar-refractivity contribution is 0.509. The monoisotopic (exact) mass is 406 g/mol. The third-order valence-electron chi connectivity index (χ3n) is 5.36. The topological polar surface area (TPSA) is 49.8 Å². The number of rotatable bonds is 2. The molecule has 5 rings (SSSR count). The van der Waals surface area contributed by atoms with Gasteiger partial charge in [-0.05, 0) is 61.1 Å². The molecular weight excluding hydrogens is 388 g/mol. The Labute approximate surface area is 174 Å². The zero-order valence-electron chi connectivity index (χ0n) is 15.4. The van der Waals surface area contributed by atoms with E-state index in [0.717, 1.165) is 46.2 Å². The van der Waals surface area contributed by atoms with Crippen LogP contribution in [0.4, 0.5) is 0 Å². The van der Waals surface area contributed by atoms with Crippen molar-refractivity contribution >= 4 is 34.0 Å². The van der Waals surface area contributed by atoms with E-state index < -0.39 is 0 Å². The Balaban J connectivity index is 0.00000192. The third-order valence-corrected chi connectivity index (χ3v) is 6.51. The summed E-state index contributed by atoms with van der Waals surface area (Å²) in [5, 5.41) is 10.3. The Morgan fingerprint density at radius 1 is 1.21 bits per heavy atom. The lowest BCUT2D eigenvalue weighted by Gasteiger charge is -2.18. The summed E-state index contributed by atoms with van der Waals surface area (Å²) in [5.41, 5.74) is 5.18. The Morgan fingerprint density at radius 3 is 2.75 bits per heavy atom. The lowest BCUT2D eigenvalue weighted by atomic mass is 9.88. The standard InChI is InChI=1S/C23H18N2OS.ClH/c1-14-4-9-17-21(11-14)27-23-22(17)18(20-3-2-10-26-20)12-19(25-23)16-7-5-15(13-24)6-8-16;/h2-3,5-8,10,12,14H,4,9,11H2,1H3;1H. The summed E-state index contributed by atoms with van der Waals surface area (Å²) >= 11 is 1.83. The van der Waals surface area contributed by atoms with Crippen LogP contribution >= 0.6 is 23.7 Å². The normalized spacial score (nSPS) is 15.6. The fourth-order valence-electron chi connectivity index (χ4n) is 3.93. The molecule has 4 aromatic rings. The van der Waals surface area contributed by atoms with Crippen molar-refractivity contribution in [3.8, 4) is 28.7 Å². The second-order valence-electron chi connectivity index (χ2n) is 7.25. The lowest BCUT2D eigenvalue weighted by Crippen LogP contribution is -2.08. The first-order chi connectivity index (χ1) is 13.2. The quantitative estimate of drug-likeness (QED) is 0.374. The molecule has 0 radical (unpaired) electrons. The molecule has 0 amide bonds. The van der Waals surface area contributed by atoms with Gasteiger partial charge in [-0.2, -0.15) is 5.26 Å². The maximum atomic E-state index is 9.05. The average molecular weight is 407 g/mol. The highest BCUT2D eigenvalue weighted by molar-refractivity contribution is 7.19. The Morgan fingerprint density at radius 2 is 2.04 bits per heavy atom. The van der Waals surface area contributed by atoms with Gasteiger partial charge in [0.1, 0.15) is 10.6 Å². The SMILES string of the molecule is CC1CCc2c(sc3nc(-c4ccc(C#N)cc4)cc(-c4ccco4)c23)C1.Cl. The Bertz CT molecular complexity index is 1170. The fourth-order valence-corrected chi connectivity index (χ4v) is 5.34. The van der Waals surface area contributed by atoms with Crippen molar-refractivity contribution in [1.29, 1.82) is 5.26 Å². The number of benzene rings is 1. The number of furan rings is 1. The van der Waals surface area contributed by atoms with Crippen LogP contribution in [0.5, 0.6) is 0 Å². The molecule has 3 heterocycles. The fraction of sp³-hybridized carbons (Fsp3) is 0.217. The highest BCUT2D eigenvalue weighted by atomic mass is 35.5. The number of halogens is 1. The van der Waals surface area contributed by atoms with Crippen molar-refractivity contribution in [3.05, 3.63) is 64.7 Å². The second-order valence-corrected chi connectivity index (χ2v) is 8.34. The number of nitrogens with zero attached hydrogens (tertiary/aromatic N) is 2. The van der Waals surface area contributed by atoms with Crippen LogP contribution in [0.3, 0.4) is 0 Å². The predicted octanol–water partition coefficient (Wildman–Crippen LogP) is 6.64. The van der Waals surface area contributed by atoms with Crippen LogP contribution in [0.1, 0.15) is 29.3 Å². The summed E-state index contributed by atoms with van der Waals surface area (Å²) in [6.45, 7) is 2.33. The van der Waals surface area contributed by atoms with Crippen molar-refractivity contribution < 1.29 is 4.42 Å². The van der Waals surface area contributed by atoms with Gasteiger partial charge in [0, 0.05) is 21.4 Å². The number of hydrogen-bond donors (Lipinski definition) is 0. The van der Waals surface area contributed by atoms with E-state index in [9.17, 15) is 0 Å². The molecule has 1 aliphatic rings. The van der Waals surface area contributed by atoms with E-state index in [1.807, 2.05) is 47.7 Å². The highest BCUT2D eigenvalue weighted by Crippen LogP contribution is 2.43. The summed E-state index contributed by atoms with van der Waals surface area (Å²) in [6.07, 6.45) is 5.21. The summed E-state index contributed by atoms with van der Waals surface area (Å²) in [5.74, 6) is 1.62. The largest absolute Gasteiger partial charge is 0.464 e. The third kappa shape index (κ3) is 3.11. The molecule has 0 N–H and O–H groups in total. The van der Waals surface area contributed by atoms with Crippen molar-refractivity contribution in [3.63, 3.8) is 0 Å². The van der Waals surface area contributed by atoms with Gasteiger partial charge in [-0.1, -0.05) is 19.1 Å². The van der Waals surface area contributed by atoms with Gasteiger partial charge in [-0.15, -0.1) is 23.7 Å². The molecule has 140 valence electrons. The average Bonchev–Trinajstić information content (AvgIpc) is 3.34. The van der Waals surface area contributed by atoms with Crippen LogP contribution in [-0.4, -0.2) is 4.98 Å². The van der Waals surface area contributed by atoms with Gasteiger partial charge in [-0.25, -0.2) is 4.98 Å². The van der Waals surface area contributed by atoms with E-state index in [1.165, 1.54) is 22.2 Å². The molecule has 3 aromatic heterocycles. The molecule has 3 nitrogen and oxygen atoms in total. The molecule has 28 heavy (non-hydrogen) atoms. The van der Waals surface area contributed by atoms with Crippen molar-refractivity contribution in [2.24, 2.45) is 5.92 Å². The van der Waals surface area contributed by atoms with E-state index in [0.29, 0.717) is 5.56 Å². The number of aryl methyl sites for hydroxylation is 1. The summed E-state index contributed by atoms with van der Waals surface area (Å²) in [6, 6.07) is 15.9. The van der Waals surface area contributed by atoms with E-state index in [1.54, 1.807) is 6.26 Å². The molecule has 1 aromatic carbocycles. The summed E-state index contributed by atoms with van der Waals surface area (Å²) in [4.78, 5) is 7.55. The molecular formula is C23H19ClN2OS. The van der Waals surface area contributed by atoms with E-state index >= 15 is 0 Å². The summed E-state index contributed by atoms with van der Waals surface area (Å²) < 4.78 is 5.77. The molecule has 1 unspecified atom stereocenters. The molecule has 0 aliphatic heterocycles. The van der Waals surface area contributed by atoms with Crippen LogP contribution in [-0.2, 0) is 12.8 Å². The highest BCUT2D eigenvalue weighted by Gasteiger charge is 2.24. The zero-order chi connectivity index (χ0) is 18.4. The van der Waals surface area contributed by atoms with Gasteiger partial charge in [0.05, 0.1) is 23.6 Å². The van der Waals surface area contributed by atoms with E-state index in [2.05, 4.69) is 19.1 Å². The molecule has 1 atom stereocenters. The Hall–Kier alpha value is -2.61. The minimum absolute atomic E-state index is 0. The smallest absolute Gasteiger partial charge is 0.134 e. The zero-order valence-corrected chi connectivity index (χ0v) is 17.1. The molecule has 1 aliphatic carbocycles. The maximum absolute atomic E-state index is 9.05. The number of fused-ring (bicyclic) bond motifs is 3. The van der Waals surface area contributed by atoms with Gasteiger partial charge < -0.3 is 4.42 Å². The van der Waals surface area contributed by atoms with Gasteiger partial charge in [0.15, 0.2) is 0 Å². The van der Waals surface area contributed by atoms with Crippen molar-refractivity contribution in [1.82, 2.24) is 4.98 Å². The molecule has 0 spiro atoms. The molecule has 0 saturated carbocycles. The van der Waals surface area contributed by atoms with Crippen LogP contribution in [0.15, 0.2) is 53.1 Å².